The number of ether oxygens (including phenoxy) is 1. The molecule has 1 aromatic heterocycles. The molecule has 7 heteroatoms. The van der Waals surface area contributed by atoms with E-state index in [0.29, 0.717) is 32.1 Å². The number of nitrogens with one attached hydrogen (secondary N) is 1. The Bertz CT molecular complexity index is 531. The van der Waals surface area contributed by atoms with Crippen LogP contribution in [-0.2, 0) is 14.8 Å². The highest BCUT2D eigenvalue weighted by Crippen LogP contribution is 2.27. The van der Waals surface area contributed by atoms with Gasteiger partial charge in [0.15, 0.2) is 0 Å². The molecule has 0 amide bonds. The van der Waals surface area contributed by atoms with Crippen LogP contribution in [0.2, 0.25) is 0 Å². The van der Waals surface area contributed by atoms with Crippen LogP contribution in [0.4, 0.5) is 5.82 Å². The maximum Gasteiger partial charge on any atom is 0.244 e. The number of fused-ring (bicyclic) bond motifs is 3. The minimum atomic E-state index is -3.45. The van der Waals surface area contributed by atoms with Crippen LogP contribution in [0.15, 0.2) is 23.2 Å². The maximum absolute atomic E-state index is 12.0. The SMILES string of the molecule is O=S1(=O)NCC2COCCN2c2ncccc21. The summed E-state index contributed by atoms with van der Waals surface area (Å²) in [6.07, 6.45) is 1.62. The lowest BCUT2D eigenvalue weighted by Gasteiger charge is -2.34. The monoisotopic (exact) mass is 255 g/mol. The van der Waals surface area contributed by atoms with Crippen molar-refractivity contribution in [2.45, 2.75) is 10.9 Å². The Morgan fingerprint density at radius 3 is 3.29 bits per heavy atom. The molecule has 3 heterocycles. The first-order valence-corrected chi connectivity index (χ1v) is 6.96. The number of aromatic nitrogens is 1. The van der Waals surface area contributed by atoms with Crippen molar-refractivity contribution in [2.75, 3.05) is 31.2 Å². The number of morpholine rings is 1. The molecule has 2 aliphatic rings. The molecule has 0 radical (unpaired) electrons. The number of rotatable bonds is 0. The second-order valence-electron chi connectivity index (χ2n) is 4.10. The van der Waals surface area contributed by atoms with Crippen LogP contribution in [0.1, 0.15) is 0 Å². The van der Waals surface area contributed by atoms with E-state index in [0.717, 1.165) is 0 Å². The molecule has 0 saturated carbocycles. The molecule has 1 aromatic rings. The molecule has 17 heavy (non-hydrogen) atoms. The van der Waals surface area contributed by atoms with E-state index in [4.69, 9.17) is 4.74 Å². The Morgan fingerprint density at radius 2 is 2.41 bits per heavy atom. The molecule has 1 unspecified atom stereocenters. The molecule has 1 N–H and O–H groups in total. The zero-order valence-electron chi connectivity index (χ0n) is 9.17. The van der Waals surface area contributed by atoms with Gasteiger partial charge in [0.1, 0.15) is 10.7 Å². The van der Waals surface area contributed by atoms with Gasteiger partial charge in [-0.1, -0.05) is 0 Å². The minimum Gasteiger partial charge on any atom is -0.377 e. The fraction of sp³-hybridized carbons (Fsp3) is 0.500. The normalized spacial score (nSPS) is 26.8. The van der Waals surface area contributed by atoms with E-state index in [1.54, 1.807) is 18.3 Å². The number of hydrogen-bond donors (Lipinski definition) is 1. The van der Waals surface area contributed by atoms with Gasteiger partial charge in [0, 0.05) is 19.3 Å². The quantitative estimate of drug-likeness (QED) is 0.681. The van der Waals surface area contributed by atoms with Crippen molar-refractivity contribution in [3.05, 3.63) is 18.3 Å². The molecule has 1 fully saturated rings. The zero-order chi connectivity index (χ0) is 11.9. The third-order valence-corrected chi connectivity index (χ3v) is 4.49. The Morgan fingerprint density at radius 1 is 1.53 bits per heavy atom. The molecular weight excluding hydrogens is 242 g/mol. The van der Waals surface area contributed by atoms with E-state index in [-0.39, 0.29) is 10.9 Å². The summed E-state index contributed by atoms with van der Waals surface area (Å²) in [5, 5.41) is 0. The van der Waals surface area contributed by atoms with Crippen LogP contribution in [0.5, 0.6) is 0 Å². The lowest BCUT2D eigenvalue weighted by Crippen LogP contribution is -2.49. The standard InChI is InChI=1S/C10H13N3O3S/c14-17(15)9-2-1-3-11-10(9)13-4-5-16-7-8(13)6-12-17/h1-3,8,12H,4-7H2. The molecular formula is C10H13N3O3S. The largest absolute Gasteiger partial charge is 0.377 e. The average Bonchev–Trinajstić information content (AvgIpc) is 2.47. The van der Waals surface area contributed by atoms with E-state index in [9.17, 15) is 8.42 Å². The molecule has 2 aliphatic heterocycles. The fourth-order valence-corrected chi connectivity index (χ4v) is 3.43. The molecule has 6 nitrogen and oxygen atoms in total. The number of pyridine rings is 1. The van der Waals surface area contributed by atoms with Crippen LogP contribution >= 0.6 is 0 Å². The molecule has 3 rings (SSSR count). The summed E-state index contributed by atoms with van der Waals surface area (Å²) in [5.41, 5.74) is 0. The Hall–Kier alpha value is -1.18. The Labute approximate surface area is 99.6 Å². The molecule has 0 aromatic carbocycles. The van der Waals surface area contributed by atoms with Gasteiger partial charge in [0.2, 0.25) is 10.0 Å². The lowest BCUT2D eigenvalue weighted by molar-refractivity contribution is 0.0950. The number of hydrogen-bond acceptors (Lipinski definition) is 5. The van der Waals surface area contributed by atoms with E-state index >= 15 is 0 Å². The van der Waals surface area contributed by atoms with E-state index in [1.807, 2.05) is 4.90 Å². The van der Waals surface area contributed by atoms with Crippen LogP contribution in [0, 0.1) is 0 Å². The van der Waals surface area contributed by atoms with Gasteiger partial charge in [-0.2, -0.15) is 0 Å². The highest BCUT2D eigenvalue weighted by atomic mass is 32.2. The number of sulfonamides is 1. The highest BCUT2D eigenvalue weighted by Gasteiger charge is 2.33. The summed E-state index contributed by atoms with van der Waals surface area (Å²) in [6.45, 7) is 2.16. The number of anilines is 1. The smallest absolute Gasteiger partial charge is 0.244 e. The van der Waals surface area contributed by atoms with Gasteiger partial charge in [-0.3, -0.25) is 0 Å². The van der Waals surface area contributed by atoms with Gasteiger partial charge in [0.05, 0.1) is 19.3 Å². The van der Waals surface area contributed by atoms with Gasteiger partial charge in [-0.25, -0.2) is 18.1 Å². The molecule has 1 atom stereocenters. The van der Waals surface area contributed by atoms with Gasteiger partial charge in [-0.05, 0) is 12.1 Å². The van der Waals surface area contributed by atoms with E-state index in [1.165, 1.54) is 0 Å². The predicted molar refractivity (Wildman–Crippen MR) is 61.4 cm³/mol. The second kappa shape index (κ2) is 3.94. The first-order valence-electron chi connectivity index (χ1n) is 5.47. The number of nitrogens with zero attached hydrogens (tertiary/aromatic N) is 2. The Kier molecular flexibility index (Phi) is 2.53. The molecule has 0 aliphatic carbocycles. The topological polar surface area (TPSA) is 71.5 Å². The van der Waals surface area contributed by atoms with Crippen LogP contribution in [0.25, 0.3) is 0 Å². The van der Waals surface area contributed by atoms with Crippen LogP contribution in [-0.4, -0.2) is 45.7 Å². The lowest BCUT2D eigenvalue weighted by atomic mass is 10.2. The average molecular weight is 255 g/mol. The molecule has 1 saturated heterocycles. The zero-order valence-corrected chi connectivity index (χ0v) is 9.98. The van der Waals surface area contributed by atoms with Crippen molar-refractivity contribution in [1.82, 2.24) is 9.71 Å². The Balaban J connectivity index is 2.15. The third-order valence-electron chi connectivity index (χ3n) is 3.05. The maximum atomic E-state index is 12.0. The fourth-order valence-electron chi connectivity index (χ4n) is 2.19. The van der Waals surface area contributed by atoms with Gasteiger partial charge < -0.3 is 9.64 Å². The second-order valence-corrected chi connectivity index (χ2v) is 5.83. The van der Waals surface area contributed by atoms with E-state index in [2.05, 4.69) is 9.71 Å². The molecule has 0 bridgehead atoms. The molecule has 0 spiro atoms. The van der Waals surface area contributed by atoms with Crippen molar-refractivity contribution in [1.29, 1.82) is 0 Å². The van der Waals surface area contributed by atoms with Crippen molar-refractivity contribution in [3.8, 4) is 0 Å². The van der Waals surface area contributed by atoms with Crippen molar-refractivity contribution in [3.63, 3.8) is 0 Å². The van der Waals surface area contributed by atoms with Crippen LogP contribution < -0.4 is 9.62 Å². The third kappa shape index (κ3) is 1.80. The van der Waals surface area contributed by atoms with Gasteiger partial charge in [-0.15, -0.1) is 0 Å². The summed E-state index contributed by atoms with van der Waals surface area (Å²) in [7, 11) is -3.45. The summed E-state index contributed by atoms with van der Waals surface area (Å²) in [4.78, 5) is 6.47. The van der Waals surface area contributed by atoms with Crippen molar-refractivity contribution < 1.29 is 13.2 Å². The minimum absolute atomic E-state index is 0.0228. The van der Waals surface area contributed by atoms with Gasteiger partial charge >= 0.3 is 0 Å². The summed E-state index contributed by atoms with van der Waals surface area (Å²) in [5.74, 6) is 0.533. The first-order chi connectivity index (χ1) is 8.18. The van der Waals surface area contributed by atoms with Crippen molar-refractivity contribution in [2.24, 2.45) is 0 Å². The molecule has 92 valence electrons. The highest BCUT2D eigenvalue weighted by molar-refractivity contribution is 7.89. The first kappa shape index (κ1) is 10.9. The van der Waals surface area contributed by atoms with Crippen LogP contribution in [0.3, 0.4) is 0 Å². The summed E-state index contributed by atoms with van der Waals surface area (Å²) < 4.78 is 32.0. The van der Waals surface area contributed by atoms with Gasteiger partial charge in [0.25, 0.3) is 0 Å². The summed E-state index contributed by atoms with van der Waals surface area (Å²) >= 11 is 0. The van der Waals surface area contributed by atoms with Crippen molar-refractivity contribution >= 4 is 15.8 Å². The van der Waals surface area contributed by atoms with E-state index < -0.39 is 10.0 Å². The predicted octanol–water partition coefficient (Wildman–Crippen LogP) is -0.421. The summed E-state index contributed by atoms with van der Waals surface area (Å²) in [6, 6.07) is 3.25.